The molecular formula is C29H30N6O4. The topological polar surface area (TPSA) is 116 Å². The number of pyridine rings is 1. The molecule has 2 aromatic carbocycles. The van der Waals surface area contributed by atoms with Crippen molar-refractivity contribution in [2.45, 2.75) is 12.5 Å². The predicted molar refractivity (Wildman–Crippen MR) is 151 cm³/mol. The smallest absolute Gasteiger partial charge is 0.335 e. The molecule has 0 bridgehead atoms. The molecule has 0 radical (unpaired) electrons. The normalized spacial score (nSPS) is 16.1. The SMILES string of the molecule is C=CN(C)C(CN1CC[C@H](n2c(=O)n(-c3ccc(-c4ccc(C(=O)O)cc4)c(O)c3)c3cccnc32)C1)=NC. The summed E-state index contributed by atoms with van der Waals surface area (Å²) >= 11 is 0. The fourth-order valence-electron chi connectivity index (χ4n) is 5.14. The fraction of sp³-hybridized carbons (Fsp3) is 0.241. The van der Waals surface area contributed by atoms with Crippen LogP contribution in [0.4, 0.5) is 0 Å². The Morgan fingerprint density at radius 3 is 2.67 bits per heavy atom. The quantitative estimate of drug-likeness (QED) is 0.279. The Hall–Kier alpha value is -4.70. The van der Waals surface area contributed by atoms with Crippen molar-refractivity contribution in [1.29, 1.82) is 0 Å². The molecule has 200 valence electrons. The number of carboxylic acid groups (broad SMARTS) is 1. The van der Waals surface area contributed by atoms with Gasteiger partial charge >= 0.3 is 11.7 Å². The average molecular weight is 527 g/mol. The zero-order valence-corrected chi connectivity index (χ0v) is 21.9. The van der Waals surface area contributed by atoms with Gasteiger partial charge in [0.15, 0.2) is 5.65 Å². The summed E-state index contributed by atoms with van der Waals surface area (Å²) < 4.78 is 3.33. The third kappa shape index (κ3) is 4.82. The minimum atomic E-state index is -1.01. The molecule has 1 atom stereocenters. The molecule has 1 saturated heterocycles. The number of fused-ring (bicyclic) bond motifs is 1. The summed E-state index contributed by atoms with van der Waals surface area (Å²) in [5.74, 6) is -0.136. The number of phenolic OH excluding ortho intramolecular Hbond substituents is 1. The minimum Gasteiger partial charge on any atom is -0.507 e. The Morgan fingerprint density at radius 2 is 2.00 bits per heavy atom. The van der Waals surface area contributed by atoms with Crippen molar-refractivity contribution in [1.82, 2.24) is 23.9 Å². The second-order valence-corrected chi connectivity index (χ2v) is 9.53. The summed E-state index contributed by atoms with van der Waals surface area (Å²) in [5.41, 5.74) is 2.91. The Bertz CT molecular complexity index is 1640. The Morgan fingerprint density at radius 1 is 1.23 bits per heavy atom. The molecule has 2 aromatic heterocycles. The van der Waals surface area contributed by atoms with Crippen LogP contribution < -0.4 is 5.69 Å². The molecule has 39 heavy (non-hydrogen) atoms. The summed E-state index contributed by atoms with van der Waals surface area (Å²) in [7, 11) is 3.67. The number of imidazole rings is 1. The van der Waals surface area contributed by atoms with Crippen LogP contribution in [-0.2, 0) is 0 Å². The maximum absolute atomic E-state index is 13.9. The van der Waals surface area contributed by atoms with Gasteiger partial charge in [-0.1, -0.05) is 18.7 Å². The fourth-order valence-corrected chi connectivity index (χ4v) is 5.14. The molecule has 1 aliphatic rings. The van der Waals surface area contributed by atoms with E-state index in [1.807, 2.05) is 18.0 Å². The average Bonchev–Trinajstić information content (AvgIpc) is 3.52. The van der Waals surface area contributed by atoms with E-state index in [-0.39, 0.29) is 23.0 Å². The van der Waals surface area contributed by atoms with Crippen LogP contribution in [0, 0.1) is 0 Å². The number of hydrogen-bond donors (Lipinski definition) is 2. The van der Waals surface area contributed by atoms with Gasteiger partial charge in [-0.2, -0.15) is 0 Å². The maximum Gasteiger partial charge on any atom is 0.335 e. The number of likely N-dealkylation sites (tertiary alicyclic amines) is 1. The Balaban J connectivity index is 1.49. The van der Waals surface area contributed by atoms with Crippen LogP contribution >= 0.6 is 0 Å². The Labute approximate surface area is 225 Å². The number of hydrogen-bond acceptors (Lipinski definition) is 6. The number of aromatic nitrogens is 3. The van der Waals surface area contributed by atoms with Crippen molar-refractivity contribution < 1.29 is 15.0 Å². The lowest BCUT2D eigenvalue weighted by Gasteiger charge is -2.22. The minimum absolute atomic E-state index is 0.0166. The van der Waals surface area contributed by atoms with Gasteiger partial charge in [0.1, 0.15) is 11.6 Å². The van der Waals surface area contributed by atoms with Crippen LogP contribution in [0.2, 0.25) is 0 Å². The lowest BCUT2D eigenvalue weighted by Crippen LogP contribution is -2.36. The number of aromatic hydroxyl groups is 1. The maximum atomic E-state index is 13.9. The first-order valence-corrected chi connectivity index (χ1v) is 12.6. The van der Waals surface area contributed by atoms with E-state index in [4.69, 9.17) is 5.11 Å². The van der Waals surface area contributed by atoms with Gasteiger partial charge in [-0.3, -0.25) is 19.0 Å². The largest absolute Gasteiger partial charge is 0.507 e. The van der Waals surface area contributed by atoms with Gasteiger partial charge in [-0.05, 0) is 54.6 Å². The van der Waals surface area contributed by atoms with Gasteiger partial charge in [0.25, 0.3) is 0 Å². The molecule has 0 saturated carbocycles. The van der Waals surface area contributed by atoms with E-state index >= 15 is 0 Å². The van der Waals surface area contributed by atoms with Crippen LogP contribution in [0.25, 0.3) is 28.0 Å². The van der Waals surface area contributed by atoms with Gasteiger partial charge < -0.3 is 15.1 Å². The first kappa shape index (κ1) is 25.9. The third-order valence-electron chi connectivity index (χ3n) is 7.23. The van der Waals surface area contributed by atoms with E-state index in [9.17, 15) is 14.7 Å². The summed E-state index contributed by atoms with van der Waals surface area (Å²) in [5, 5.41) is 20.0. The van der Waals surface area contributed by atoms with Gasteiger partial charge in [0.2, 0.25) is 0 Å². The van der Waals surface area contributed by atoms with Crippen LogP contribution in [-0.4, -0.2) is 79.7 Å². The highest BCUT2D eigenvalue weighted by Crippen LogP contribution is 2.32. The molecule has 10 nitrogen and oxygen atoms in total. The van der Waals surface area contributed by atoms with Gasteiger partial charge in [-0.15, -0.1) is 0 Å². The van der Waals surface area contributed by atoms with Crippen molar-refractivity contribution in [2.24, 2.45) is 4.99 Å². The van der Waals surface area contributed by atoms with E-state index < -0.39 is 5.97 Å². The highest BCUT2D eigenvalue weighted by Gasteiger charge is 2.30. The summed E-state index contributed by atoms with van der Waals surface area (Å²) in [4.78, 5) is 38.1. The summed E-state index contributed by atoms with van der Waals surface area (Å²) in [6.45, 7) is 5.96. The van der Waals surface area contributed by atoms with Crippen molar-refractivity contribution in [3.63, 3.8) is 0 Å². The molecule has 1 fully saturated rings. The van der Waals surface area contributed by atoms with Crippen LogP contribution in [0.5, 0.6) is 5.75 Å². The molecule has 5 rings (SSSR count). The van der Waals surface area contributed by atoms with Gasteiger partial charge in [0.05, 0.1) is 29.4 Å². The van der Waals surface area contributed by atoms with Gasteiger partial charge in [-0.25, -0.2) is 14.6 Å². The summed E-state index contributed by atoms with van der Waals surface area (Å²) in [6, 6.07) is 14.9. The van der Waals surface area contributed by atoms with Crippen molar-refractivity contribution in [3.05, 3.63) is 89.6 Å². The number of likely N-dealkylation sites (N-methyl/N-ethyl adjacent to an activating group) is 1. The van der Waals surface area contributed by atoms with Crippen LogP contribution in [0.3, 0.4) is 0 Å². The van der Waals surface area contributed by atoms with Gasteiger partial charge in [0, 0.05) is 45.0 Å². The standard InChI is InChI=1S/C29H30N6O4/c1-4-32(3)26(30-2)18-33-15-13-22(17-33)35-27-24(6-5-14-31-27)34(29(35)39)21-11-12-23(25(36)16-21)19-7-9-20(10-8-19)28(37)38/h4-12,14,16,22,36H,1,13,15,17-18H2,2-3H3,(H,37,38)/t22-/m0/s1. The molecular weight excluding hydrogens is 496 g/mol. The van der Waals surface area contributed by atoms with Crippen molar-refractivity contribution >= 4 is 23.0 Å². The number of carboxylic acids is 1. The highest BCUT2D eigenvalue weighted by atomic mass is 16.4. The predicted octanol–water partition coefficient (Wildman–Crippen LogP) is 3.61. The van der Waals surface area contributed by atoms with Crippen LogP contribution in [0.1, 0.15) is 22.8 Å². The second kappa shape index (κ2) is 10.6. The molecule has 3 heterocycles. The monoisotopic (exact) mass is 526 g/mol. The van der Waals surface area contributed by atoms with E-state index in [1.165, 1.54) is 12.1 Å². The van der Waals surface area contributed by atoms with E-state index in [1.54, 1.807) is 65.0 Å². The van der Waals surface area contributed by atoms with Crippen LogP contribution in [0.15, 0.2) is 83.4 Å². The Kier molecular flexibility index (Phi) is 7.03. The molecule has 10 heteroatoms. The highest BCUT2D eigenvalue weighted by molar-refractivity contribution is 5.88. The number of nitrogens with zero attached hydrogens (tertiary/aromatic N) is 6. The third-order valence-corrected chi connectivity index (χ3v) is 7.23. The number of benzene rings is 2. The lowest BCUT2D eigenvalue weighted by molar-refractivity contribution is 0.0697. The van der Waals surface area contributed by atoms with E-state index in [0.29, 0.717) is 41.1 Å². The number of carbonyl (C=O) groups is 1. The molecule has 0 amide bonds. The number of aliphatic imine (C=N–C) groups is 1. The second-order valence-electron chi connectivity index (χ2n) is 9.53. The molecule has 1 aliphatic heterocycles. The zero-order chi connectivity index (χ0) is 27.7. The lowest BCUT2D eigenvalue weighted by atomic mass is 10.0. The number of rotatable bonds is 7. The first-order valence-electron chi connectivity index (χ1n) is 12.6. The zero-order valence-electron chi connectivity index (χ0n) is 21.9. The molecule has 2 N–H and O–H groups in total. The van der Waals surface area contributed by atoms with Crippen molar-refractivity contribution in [3.8, 4) is 22.6 Å². The molecule has 0 aliphatic carbocycles. The number of phenols is 1. The molecule has 4 aromatic rings. The molecule has 0 spiro atoms. The number of aromatic carboxylic acids is 1. The van der Waals surface area contributed by atoms with Crippen molar-refractivity contribution in [2.75, 3.05) is 33.7 Å². The summed E-state index contributed by atoms with van der Waals surface area (Å²) in [6.07, 6.45) is 4.20. The molecule has 0 unspecified atom stereocenters. The van der Waals surface area contributed by atoms with E-state index in [2.05, 4.69) is 21.5 Å². The number of amidine groups is 1. The first-order chi connectivity index (χ1) is 18.8. The van der Waals surface area contributed by atoms with E-state index in [0.717, 1.165) is 18.8 Å².